The molecule has 2 aromatic rings. The van der Waals surface area contributed by atoms with E-state index < -0.39 is 0 Å². The molecule has 0 bridgehead atoms. The van der Waals surface area contributed by atoms with Crippen molar-refractivity contribution < 1.29 is 4.79 Å². The fourth-order valence-corrected chi connectivity index (χ4v) is 2.94. The third kappa shape index (κ3) is 3.14. The lowest BCUT2D eigenvalue weighted by Crippen LogP contribution is -2.26. The number of rotatable bonds is 3. The minimum Gasteiger partial charge on any atom is -0.335 e. The zero-order valence-electron chi connectivity index (χ0n) is 10.1. The number of amides is 1. The highest BCUT2D eigenvalue weighted by atomic mass is 79.9. The number of aryl methyl sites for hydroxylation is 1. The highest BCUT2D eigenvalue weighted by Crippen LogP contribution is 2.21. The molecule has 0 unspecified atom stereocenters. The normalized spacial score (nSPS) is 10.4. The number of aromatic nitrogens is 2. The van der Waals surface area contributed by atoms with E-state index in [2.05, 4.69) is 25.9 Å². The van der Waals surface area contributed by atoms with Gasteiger partial charge in [-0.1, -0.05) is 0 Å². The van der Waals surface area contributed by atoms with Gasteiger partial charge in [-0.2, -0.15) is 0 Å². The van der Waals surface area contributed by atoms with Crippen molar-refractivity contribution in [2.24, 2.45) is 0 Å². The Hall–Kier alpha value is -1.27. The lowest BCUT2D eigenvalue weighted by Gasteiger charge is -2.15. The molecule has 2 heterocycles. The van der Waals surface area contributed by atoms with Gasteiger partial charge in [0.2, 0.25) is 0 Å². The SMILES string of the molecule is Cc1cnc(C(=O)N(C)Cc2cc(Br)cs2)cn1. The van der Waals surface area contributed by atoms with E-state index in [1.54, 1.807) is 29.5 Å². The first-order chi connectivity index (χ1) is 8.56. The Bertz CT molecular complexity index is 553. The molecule has 0 radical (unpaired) electrons. The first-order valence-corrected chi connectivity index (χ1v) is 7.00. The number of hydrogen-bond donors (Lipinski definition) is 0. The summed E-state index contributed by atoms with van der Waals surface area (Å²) in [5.74, 6) is -0.118. The molecule has 2 rings (SSSR count). The van der Waals surface area contributed by atoms with Crippen LogP contribution in [0.25, 0.3) is 0 Å². The summed E-state index contributed by atoms with van der Waals surface area (Å²) in [5, 5.41) is 2.00. The molecule has 0 aromatic carbocycles. The minimum atomic E-state index is -0.118. The molecule has 6 heteroatoms. The van der Waals surface area contributed by atoms with Crippen LogP contribution >= 0.6 is 27.3 Å². The van der Waals surface area contributed by atoms with Crippen LogP contribution in [-0.4, -0.2) is 27.8 Å². The molecule has 0 atom stereocenters. The second-order valence-electron chi connectivity index (χ2n) is 3.94. The molecule has 0 saturated heterocycles. The summed E-state index contributed by atoms with van der Waals surface area (Å²) < 4.78 is 1.04. The van der Waals surface area contributed by atoms with Crippen molar-refractivity contribution in [1.29, 1.82) is 0 Å². The predicted octanol–water partition coefficient (Wildman–Crippen LogP) is 2.88. The van der Waals surface area contributed by atoms with Gasteiger partial charge in [0.05, 0.1) is 18.4 Å². The van der Waals surface area contributed by atoms with Gasteiger partial charge < -0.3 is 4.90 Å². The van der Waals surface area contributed by atoms with Crippen molar-refractivity contribution >= 4 is 33.2 Å². The number of halogens is 1. The van der Waals surface area contributed by atoms with Crippen LogP contribution in [0.2, 0.25) is 0 Å². The van der Waals surface area contributed by atoms with Crippen LogP contribution in [0.4, 0.5) is 0 Å². The Balaban J connectivity index is 2.07. The molecule has 0 fully saturated rings. The van der Waals surface area contributed by atoms with Gasteiger partial charge in [0.1, 0.15) is 5.69 Å². The van der Waals surface area contributed by atoms with Crippen molar-refractivity contribution in [2.75, 3.05) is 7.05 Å². The van der Waals surface area contributed by atoms with E-state index in [1.807, 2.05) is 18.4 Å². The van der Waals surface area contributed by atoms with E-state index in [9.17, 15) is 4.79 Å². The Morgan fingerprint density at radius 2 is 2.22 bits per heavy atom. The highest BCUT2D eigenvalue weighted by molar-refractivity contribution is 9.10. The Kier molecular flexibility index (Phi) is 4.08. The molecule has 1 amide bonds. The van der Waals surface area contributed by atoms with E-state index in [1.165, 1.54) is 6.20 Å². The van der Waals surface area contributed by atoms with Crippen LogP contribution in [-0.2, 0) is 6.54 Å². The average molecular weight is 326 g/mol. The van der Waals surface area contributed by atoms with E-state index >= 15 is 0 Å². The second kappa shape index (κ2) is 5.58. The summed E-state index contributed by atoms with van der Waals surface area (Å²) in [5.41, 5.74) is 1.18. The van der Waals surface area contributed by atoms with Crippen molar-refractivity contribution in [3.63, 3.8) is 0 Å². The molecule has 0 aliphatic rings. The monoisotopic (exact) mass is 325 g/mol. The van der Waals surface area contributed by atoms with Crippen LogP contribution in [0.5, 0.6) is 0 Å². The maximum absolute atomic E-state index is 12.1. The van der Waals surface area contributed by atoms with Crippen LogP contribution in [0, 0.1) is 6.92 Å². The smallest absolute Gasteiger partial charge is 0.274 e. The minimum absolute atomic E-state index is 0.118. The van der Waals surface area contributed by atoms with Crippen LogP contribution in [0.1, 0.15) is 21.1 Å². The molecule has 0 aliphatic carbocycles. The van der Waals surface area contributed by atoms with E-state index in [-0.39, 0.29) is 5.91 Å². The lowest BCUT2D eigenvalue weighted by molar-refractivity contribution is 0.0780. The number of carbonyl (C=O) groups is 1. The number of nitrogens with zero attached hydrogens (tertiary/aromatic N) is 3. The first-order valence-electron chi connectivity index (χ1n) is 5.33. The van der Waals surface area contributed by atoms with Crippen molar-refractivity contribution in [1.82, 2.24) is 14.9 Å². The van der Waals surface area contributed by atoms with Crippen molar-refractivity contribution in [3.8, 4) is 0 Å². The molecule has 0 N–H and O–H groups in total. The summed E-state index contributed by atoms with van der Waals surface area (Å²) in [6.07, 6.45) is 3.11. The van der Waals surface area contributed by atoms with Crippen molar-refractivity contribution in [2.45, 2.75) is 13.5 Å². The topological polar surface area (TPSA) is 46.1 Å². The molecular formula is C12H12BrN3OS. The van der Waals surface area contributed by atoms with E-state index in [0.717, 1.165) is 15.0 Å². The van der Waals surface area contributed by atoms with Gasteiger partial charge in [-0.3, -0.25) is 9.78 Å². The Labute approximate surface area is 118 Å². The molecule has 94 valence electrons. The van der Waals surface area contributed by atoms with Crippen LogP contribution in [0.3, 0.4) is 0 Å². The van der Waals surface area contributed by atoms with Crippen molar-refractivity contribution in [3.05, 3.63) is 44.6 Å². The molecule has 0 aliphatic heterocycles. The maximum atomic E-state index is 12.1. The Morgan fingerprint density at radius 3 is 2.78 bits per heavy atom. The van der Waals surface area contributed by atoms with Gasteiger partial charge in [-0.15, -0.1) is 11.3 Å². The zero-order valence-corrected chi connectivity index (χ0v) is 12.5. The van der Waals surface area contributed by atoms with Gasteiger partial charge in [-0.05, 0) is 28.9 Å². The van der Waals surface area contributed by atoms with E-state index in [4.69, 9.17) is 0 Å². The molecular weight excluding hydrogens is 314 g/mol. The van der Waals surface area contributed by atoms with E-state index in [0.29, 0.717) is 12.2 Å². The van der Waals surface area contributed by atoms with Crippen LogP contribution in [0.15, 0.2) is 28.3 Å². The summed E-state index contributed by atoms with van der Waals surface area (Å²) in [7, 11) is 1.76. The van der Waals surface area contributed by atoms with Crippen LogP contribution < -0.4 is 0 Å². The molecule has 0 saturated carbocycles. The maximum Gasteiger partial charge on any atom is 0.274 e. The van der Waals surface area contributed by atoms with Gasteiger partial charge in [-0.25, -0.2) is 4.98 Å². The average Bonchev–Trinajstić information content (AvgIpc) is 2.75. The predicted molar refractivity (Wildman–Crippen MR) is 74.6 cm³/mol. The van der Waals surface area contributed by atoms with Gasteiger partial charge in [0.25, 0.3) is 5.91 Å². The summed E-state index contributed by atoms with van der Waals surface area (Å²) >= 11 is 5.01. The third-order valence-electron chi connectivity index (χ3n) is 2.36. The highest BCUT2D eigenvalue weighted by Gasteiger charge is 2.14. The molecule has 4 nitrogen and oxygen atoms in total. The summed E-state index contributed by atoms with van der Waals surface area (Å²) in [6, 6.07) is 2.01. The summed E-state index contributed by atoms with van der Waals surface area (Å²) in [6.45, 7) is 2.42. The zero-order chi connectivity index (χ0) is 13.1. The molecule has 0 spiro atoms. The second-order valence-corrected chi connectivity index (χ2v) is 5.85. The van der Waals surface area contributed by atoms with Gasteiger partial charge >= 0.3 is 0 Å². The number of thiophene rings is 1. The number of carbonyl (C=O) groups excluding carboxylic acids is 1. The quantitative estimate of drug-likeness (QED) is 0.871. The number of hydrogen-bond acceptors (Lipinski definition) is 4. The van der Waals surface area contributed by atoms with Gasteiger partial charge in [0, 0.05) is 28.0 Å². The standard InChI is InChI=1S/C12H12BrN3OS/c1-8-4-15-11(5-14-8)12(17)16(2)6-10-3-9(13)7-18-10/h3-5,7H,6H2,1-2H3. The molecule has 2 aromatic heterocycles. The third-order valence-corrected chi connectivity index (χ3v) is 4.04. The first kappa shape index (κ1) is 13.2. The largest absolute Gasteiger partial charge is 0.335 e. The Morgan fingerprint density at radius 1 is 1.44 bits per heavy atom. The fourth-order valence-electron chi connectivity index (χ4n) is 1.44. The van der Waals surface area contributed by atoms with Gasteiger partial charge in [0.15, 0.2) is 0 Å². The lowest BCUT2D eigenvalue weighted by atomic mass is 10.3. The molecule has 18 heavy (non-hydrogen) atoms. The fraction of sp³-hybridized carbons (Fsp3) is 0.250. The summed E-state index contributed by atoms with van der Waals surface area (Å²) in [4.78, 5) is 23.0.